The normalized spacial score (nSPS) is 26.0. The average molecular weight is 507 g/mol. The maximum absolute atomic E-state index is 14.5. The SMILES string of the molecule is CC(C)C1(C(=O)N2CCc3c(F)cc(C(F)(F)F)cc3C2)CCC(N2CCC(n3ccnc3)CC2)C1. The number of rotatable bonds is 4. The predicted octanol–water partition coefficient (Wildman–Crippen LogP) is 5.46. The van der Waals surface area contributed by atoms with Crippen molar-refractivity contribution in [1.29, 1.82) is 0 Å². The molecule has 196 valence electrons. The van der Waals surface area contributed by atoms with Gasteiger partial charge in [0, 0.05) is 50.7 Å². The molecule has 1 aromatic carbocycles. The van der Waals surface area contributed by atoms with Crippen molar-refractivity contribution in [3.8, 4) is 0 Å². The number of carbonyl (C=O) groups excluding carboxylic acids is 1. The first-order valence-corrected chi connectivity index (χ1v) is 13.0. The zero-order valence-corrected chi connectivity index (χ0v) is 20.9. The molecule has 2 aromatic rings. The molecule has 1 saturated heterocycles. The van der Waals surface area contributed by atoms with Crippen LogP contribution in [0.4, 0.5) is 17.6 Å². The molecule has 1 aliphatic carbocycles. The molecule has 9 heteroatoms. The van der Waals surface area contributed by atoms with E-state index in [0.717, 1.165) is 51.3 Å². The van der Waals surface area contributed by atoms with Gasteiger partial charge in [0.15, 0.2) is 0 Å². The van der Waals surface area contributed by atoms with Gasteiger partial charge in [-0.25, -0.2) is 9.37 Å². The quantitative estimate of drug-likeness (QED) is 0.518. The number of hydrogen-bond donors (Lipinski definition) is 0. The second kappa shape index (κ2) is 9.47. The van der Waals surface area contributed by atoms with Crippen molar-refractivity contribution in [2.45, 2.75) is 77.2 Å². The first-order valence-electron chi connectivity index (χ1n) is 13.0. The van der Waals surface area contributed by atoms with Gasteiger partial charge < -0.3 is 14.4 Å². The van der Waals surface area contributed by atoms with Gasteiger partial charge in [0.25, 0.3) is 0 Å². The molecule has 0 bridgehead atoms. The zero-order chi connectivity index (χ0) is 25.7. The molecule has 2 unspecified atom stereocenters. The van der Waals surface area contributed by atoms with E-state index in [1.54, 1.807) is 4.90 Å². The van der Waals surface area contributed by atoms with Crippen LogP contribution in [0.15, 0.2) is 30.9 Å². The second-order valence-electron chi connectivity index (χ2n) is 11.1. The third kappa shape index (κ3) is 4.55. The number of hydrogen-bond acceptors (Lipinski definition) is 3. The van der Waals surface area contributed by atoms with Crippen molar-refractivity contribution >= 4 is 5.91 Å². The van der Waals surface area contributed by atoms with Gasteiger partial charge in [0.05, 0.1) is 17.3 Å². The fourth-order valence-electron chi connectivity index (χ4n) is 6.66. The van der Waals surface area contributed by atoms with E-state index in [1.807, 2.05) is 18.7 Å². The smallest absolute Gasteiger partial charge is 0.338 e. The fourth-order valence-corrected chi connectivity index (χ4v) is 6.66. The van der Waals surface area contributed by atoms with Gasteiger partial charge >= 0.3 is 6.18 Å². The number of alkyl halides is 3. The molecule has 36 heavy (non-hydrogen) atoms. The van der Waals surface area contributed by atoms with Crippen LogP contribution in [0.25, 0.3) is 0 Å². The highest BCUT2D eigenvalue weighted by atomic mass is 19.4. The number of aromatic nitrogens is 2. The molecule has 2 aliphatic heterocycles. The van der Waals surface area contributed by atoms with Gasteiger partial charge in [-0.2, -0.15) is 13.2 Å². The molecule has 0 spiro atoms. The molecule has 2 fully saturated rings. The third-order valence-electron chi connectivity index (χ3n) is 8.91. The lowest BCUT2D eigenvalue weighted by atomic mass is 9.73. The topological polar surface area (TPSA) is 41.4 Å². The molecular formula is C27H34F4N4O. The third-order valence-corrected chi connectivity index (χ3v) is 8.91. The van der Waals surface area contributed by atoms with E-state index in [0.29, 0.717) is 30.3 Å². The molecule has 3 heterocycles. The van der Waals surface area contributed by atoms with E-state index in [4.69, 9.17) is 0 Å². The van der Waals surface area contributed by atoms with Gasteiger partial charge in [-0.15, -0.1) is 0 Å². The summed E-state index contributed by atoms with van der Waals surface area (Å²) in [6.07, 6.45) is 5.89. The largest absolute Gasteiger partial charge is 0.416 e. The van der Waals surface area contributed by atoms with Crippen molar-refractivity contribution in [1.82, 2.24) is 19.4 Å². The Morgan fingerprint density at radius 3 is 2.50 bits per heavy atom. The highest BCUT2D eigenvalue weighted by molar-refractivity contribution is 5.84. The Morgan fingerprint density at radius 2 is 1.86 bits per heavy atom. The van der Waals surface area contributed by atoms with E-state index in [-0.39, 0.29) is 30.4 Å². The number of halogens is 4. The van der Waals surface area contributed by atoms with Crippen LogP contribution in [0, 0.1) is 17.2 Å². The Labute approximate surface area is 209 Å². The molecule has 0 radical (unpaired) electrons. The lowest BCUT2D eigenvalue weighted by Crippen LogP contribution is -2.49. The monoisotopic (exact) mass is 506 g/mol. The van der Waals surface area contributed by atoms with Gasteiger partial charge in [0.2, 0.25) is 5.91 Å². The molecule has 1 aromatic heterocycles. The van der Waals surface area contributed by atoms with E-state index in [1.165, 1.54) is 0 Å². The highest BCUT2D eigenvalue weighted by Crippen LogP contribution is 2.48. The molecule has 3 aliphatic rings. The summed E-state index contributed by atoms with van der Waals surface area (Å²) in [5.74, 6) is -0.708. The summed E-state index contributed by atoms with van der Waals surface area (Å²) < 4.78 is 56.5. The summed E-state index contributed by atoms with van der Waals surface area (Å²) in [5.41, 5.74) is -0.955. The summed E-state index contributed by atoms with van der Waals surface area (Å²) in [5, 5.41) is 0. The summed E-state index contributed by atoms with van der Waals surface area (Å²) in [7, 11) is 0. The average Bonchev–Trinajstić information content (AvgIpc) is 3.54. The number of carbonyl (C=O) groups is 1. The number of imidazole rings is 1. The summed E-state index contributed by atoms with van der Waals surface area (Å²) in [4.78, 5) is 22.3. The predicted molar refractivity (Wildman–Crippen MR) is 128 cm³/mol. The molecule has 5 rings (SSSR count). The van der Waals surface area contributed by atoms with Crippen molar-refractivity contribution in [3.05, 3.63) is 53.4 Å². The first-order chi connectivity index (χ1) is 17.1. The summed E-state index contributed by atoms with van der Waals surface area (Å²) in [6.45, 7) is 6.47. The van der Waals surface area contributed by atoms with E-state index < -0.39 is 23.0 Å². The minimum Gasteiger partial charge on any atom is -0.338 e. The van der Waals surface area contributed by atoms with Crippen LogP contribution in [0.1, 0.15) is 68.7 Å². The zero-order valence-electron chi connectivity index (χ0n) is 20.9. The Morgan fingerprint density at radius 1 is 1.11 bits per heavy atom. The van der Waals surface area contributed by atoms with Crippen LogP contribution in [-0.4, -0.2) is 50.9 Å². The van der Waals surface area contributed by atoms with Crippen LogP contribution in [0.2, 0.25) is 0 Å². The number of likely N-dealkylation sites (tertiary alicyclic amines) is 1. The minimum atomic E-state index is -4.62. The Kier molecular flexibility index (Phi) is 6.64. The van der Waals surface area contributed by atoms with Crippen LogP contribution >= 0.6 is 0 Å². The summed E-state index contributed by atoms with van der Waals surface area (Å²) in [6, 6.07) is 2.37. The van der Waals surface area contributed by atoms with Crippen molar-refractivity contribution in [2.24, 2.45) is 11.3 Å². The standard InChI is InChI=1S/C27H34F4N4O/c1-18(2)26(7-3-22(15-26)33-9-4-21(5-10-33)35-12-8-32-17-35)25(36)34-11-6-23-19(16-34)13-20(14-24(23)28)27(29,30)31/h8,12-14,17-18,21-22H,3-7,9-11,15-16H2,1-2H3. The maximum atomic E-state index is 14.5. The molecule has 1 amide bonds. The molecule has 5 nitrogen and oxygen atoms in total. The number of amides is 1. The highest BCUT2D eigenvalue weighted by Gasteiger charge is 2.51. The van der Waals surface area contributed by atoms with Gasteiger partial charge in [-0.3, -0.25) is 4.79 Å². The lowest BCUT2D eigenvalue weighted by Gasteiger charge is -2.41. The molecule has 1 saturated carbocycles. The molecular weight excluding hydrogens is 472 g/mol. The lowest BCUT2D eigenvalue weighted by molar-refractivity contribution is -0.146. The number of nitrogens with zero attached hydrogens (tertiary/aromatic N) is 4. The number of fused-ring (bicyclic) bond motifs is 1. The van der Waals surface area contributed by atoms with Crippen LogP contribution in [0.5, 0.6) is 0 Å². The van der Waals surface area contributed by atoms with Crippen molar-refractivity contribution < 1.29 is 22.4 Å². The second-order valence-corrected chi connectivity index (χ2v) is 11.1. The molecule has 0 N–H and O–H groups in total. The van der Waals surface area contributed by atoms with Crippen LogP contribution < -0.4 is 0 Å². The van der Waals surface area contributed by atoms with Crippen molar-refractivity contribution in [2.75, 3.05) is 19.6 Å². The van der Waals surface area contributed by atoms with Gasteiger partial charge in [-0.1, -0.05) is 13.8 Å². The Hall–Kier alpha value is -2.42. The summed E-state index contributed by atoms with van der Waals surface area (Å²) >= 11 is 0. The van der Waals surface area contributed by atoms with Gasteiger partial charge in [-0.05, 0) is 67.7 Å². The minimum absolute atomic E-state index is 0.0109. The van der Waals surface area contributed by atoms with E-state index >= 15 is 0 Å². The van der Waals surface area contributed by atoms with E-state index in [2.05, 4.69) is 28.3 Å². The van der Waals surface area contributed by atoms with Crippen LogP contribution in [-0.2, 0) is 23.9 Å². The maximum Gasteiger partial charge on any atom is 0.416 e. The van der Waals surface area contributed by atoms with Gasteiger partial charge in [0.1, 0.15) is 5.82 Å². The Balaban J connectivity index is 1.29. The van der Waals surface area contributed by atoms with E-state index in [9.17, 15) is 22.4 Å². The Bertz CT molecular complexity index is 1090. The molecule has 2 atom stereocenters. The first kappa shape index (κ1) is 25.2. The number of piperidine rings is 1. The fraction of sp³-hybridized carbons (Fsp3) is 0.630. The van der Waals surface area contributed by atoms with Crippen LogP contribution in [0.3, 0.4) is 0 Å². The van der Waals surface area contributed by atoms with Crippen molar-refractivity contribution in [3.63, 3.8) is 0 Å². The number of benzene rings is 1.